The Balaban J connectivity index is 1.72. The van der Waals surface area contributed by atoms with Gasteiger partial charge in [-0.3, -0.25) is 4.72 Å². The minimum atomic E-state index is -3.89. The van der Waals surface area contributed by atoms with Gasteiger partial charge in [0.15, 0.2) is 10.6 Å². The molecule has 9 heteroatoms. The topological polar surface area (TPSA) is 111 Å². The molecule has 8 nitrogen and oxygen atoms in total. The zero-order chi connectivity index (χ0) is 26.8. The Morgan fingerprint density at radius 1 is 1.14 bits per heavy atom. The van der Waals surface area contributed by atoms with Crippen molar-refractivity contribution in [3.05, 3.63) is 89.6 Å². The van der Waals surface area contributed by atoms with Gasteiger partial charge in [0.05, 0.1) is 11.9 Å². The first-order valence-corrected chi connectivity index (χ1v) is 13.9. The fourth-order valence-electron chi connectivity index (χ4n) is 5.02. The third-order valence-corrected chi connectivity index (χ3v) is 7.88. The van der Waals surface area contributed by atoms with Crippen molar-refractivity contribution in [3.8, 4) is 0 Å². The summed E-state index contributed by atoms with van der Waals surface area (Å²) in [7, 11) is -2.20. The molecule has 0 fully saturated rings. The molecule has 2 aromatic carbocycles. The standard InChI is InChI=1S/C28H33N3O5S/c1-5-14-28(16-20-10-7-6-8-11-20)26(32)25(27(33)36-28)24(19(2)3)21-12-9-13-22(15-21)30-37(34,35)23-17-31(4)18-29-23/h6-13,15,17-19,24,30,32H,5,14,16H2,1-4H3. The number of anilines is 1. The largest absolute Gasteiger partial charge is 0.507 e. The van der Waals surface area contributed by atoms with Gasteiger partial charge in [-0.15, -0.1) is 0 Å². The highest BCUT2D eigenvalue weighted by atomic mass is 32.2. The molecule has 2 heterocycles. The Hall–Kier alpha value is -3.59. The third-order valence-electron chi connectivity index (χ3n) is 6.61. The van der Waals surface area contributed by atoms with Gasteiger partial charge in [0, 0.05) is 31.3 Å². The van der Waals surface area contributed by atoms with Crippen molar-refractivity contribution in [2.45, 2.75) is 56.6 Å². The van der Waals surface area contributed by atoms with Crippen LogP contribution in [0.3, 0.4) is 0 Å². The van der Waals surface area contributed by atoms with Crippen LogP contribution in [0.1, 0.15) is 50.7 Å². The molecule has 0 aliphatic carbocycles. The van der Waals surface area contributed by atoms with E-state index in [0.717, 1.165) is 5.56 Å². The van der Waals surface area contributed by atoms with Crippen LogP contribution in [0.4, 0.5) is 5.69 Å². The van der Waals surface area contributed by atoms with Gasteiger partial charge in [-0.25, -0.2) is 9.78 Å². The smallest absolute Gasteiger partial charge is 0.339 e. The number of hydrogen-bond acceptors (Lipinski definition) is 6. The molecule has 2 atom stereocenters. The lowest BCUT2D eigenvalue weighted by atomic mass is 9.79. The second kappa shape index (κ2) is 10.4. The Morgan fingerprint density at radius 3 is 2.49 bits per heavy atom. The number of sulfonamides is 1. The highest BCUT2D eigenvalue weighted by Gasteiger charge is 2.50. The summed E-state index contributed by atoms with van der Waals surface area (Å²) in [6.45, 7) is 5.91. The number of carbonyl (C=O) groups excluding carboxylic acids is 1. The molecule has 0 saturated heterocycles. The van der Waals surface area contributed by atoms with Crippen LogP contribution in [0, 0.1) is 5.92 Å². The van der Waals surface area contributed by atoms with Gasteiger partial charge in [0.2, 0.25) is 0 Å². The number of aryl methyl sites for hydroxylation is 1. The molecule has 1 aromatic heterocycles. The number of ether oxygens (including phenoxy) is 1. The van der Waals surface area contributed by atoms with E-state index in [0.29, 0.717) is 30.5 Å². The van der Waals surface area contributed by atoms with E-state index in [2.05, 4.69) is 9.71 Å². The van der Waals surface area contributed by atoms with Crippen molar-refractivity contribution in [1.29, 1.82) is 0 Å². The number of aromatic nitrogens is 2. The van der Waals surface area contributed by atoms with Crippen LogP contribution in [0.15, 0.2) is 83.5 Å². The molecule has 3 aromatic rings. The predicted molar refractivity (Wildman–Crippen MR) is 142 cm³/mol. The first-order valence-electron chi connectivity index (χ1n) is 12.4. The fourth-order valence-corrected chi connectivity index (χ4v) is 6.05. The van der Waals surface area contributed by atoms with Crippen LogP contribution in [0.25, 0.3) is 0 Å². The number of aliphatic hydroxyl groups excluding tert-OH is 1. The van der Waals surface area contributed by atoms with Gasteiger partial charge in [-0.1, -0.05) is 69.7 Å². The monoisotopic (exact) mass is 523 g/mol. The molecule has 4 rings (SSSR count). The summed E-state index contributed by atoms with van der Waals surface area (Å²) in [6.07, 6.45) is 4.41. The van der Waals surface area contributed by atoms with Gasteiger partial charge in [-0.05, 0) is 35.6 Å². The molecule has 1 aliphatic heterocycles. The number of rotatable bonds is 10. The maximum absolute atomic E-state index is 13.3. The van der Waals surface area contributed by atoms with Crippen LogP contribution in [-0.2, 0) is 33.0 Å². The summed E-state index contributed by atoms with van der Waals surface area (Å²) in [5.74, 6) is -1.16. The molecule has 2 unspecified atom stereocenters. The maximum Gasteiger partial charge on any atom is 0.339 e. The number of cyclic esters (lactones) is 1. The van der Waals surface area contributed by atoms with E-state index in [1.165, 1.54) is 12.5 Å². The molecule has 196 valence electrons. The zero-order valence-electron chi connectivity index (χ0n) is 21.5. The summed E-state index contributed by atoms with van der Waals surface area (Å²) in [5.41, 5.74) is 1.09. The average molecular weight is 524 g/mol. The van der Waals surface area contributed by atoms with Crippen molar-refractivity contribution in [1.82, 2.24) is 9.55 Å². The Labute approximate surface area is 218 Å². The highest BCUT2D eigenvalue weighted by molar-refractivity contribution is 7.92. The van der Waals surface area contributed by atoms with E-state index in [9.17, 15) is 18.3 Å². The van der Waals surface area contributed by atoms with E-state index in [-0.39, 0.29) is 22.3 Å². The highest BCUT2D eigenvalue weighted by Crippen LogP contribution is 2.45. The molecule has 1 aliphatic rings. The summed E-state index contributed by atoms with van der Waals surface area (Å²) >= 11 is 0. The van der Waals surface area contributed by atoms with Crippen LogP contribution in [0.5, 0.6) is 0 Å². The summed E-state index contributed by atoms with van der Waals surface area (Å²) < 4.78 is 35.7. The number of esters is 1. The second-order valence-electron chi connectivity index (χ2n) is 9.89. The van der Waals surface area contributed by atoms with Gasteiger partial charge < -0.3 is 14.4 Å². The van der Waals surface area contributed by atoms with Crippen molar-refractivity contribution in [3.63, 3.8) is 0 Å². The lowest BCUT2D eigenvalue weighted by Gasteiger charge is -2.28. The number of aliphatic hydroxyl groups is 1. The van der Waals surface area contributed by atoms with Gasteiger partial charge in [-0.2, -0.15) is 8.42 Å². The molecule has 0 amide bonds. The molecular weight excluding hydrogens is 490 g/mol. The third kappa shape index (κ3) is 5.41. The minimum absolute atomic E-state index is 0.0404. The number of hydrogen-bond donors (Lipinski definition) is 2. The molecule has 37 heavy (non-hydrogen) atoms. The van der Waals surface area contributed by atoms with Crippen molar-refractivity contribution >= 4 is 21.7 Å². The minimum Gasteiger partial charge on any atom is -0.507 e. The predicted octanol–water partition coefficient (Wildman–Crippen LogP) is 5.11. The summed E-state index contributed by atoms with van der Waals surface area (Å²) in [5, 5.41) is 11.5. The average Bonchev–Trinajstić information content (AvgIpc) is 3.38. The van der Waals surface area contributed by atoms with E-state index in [1.807, 2.05) is 57.2 Å². The van der Waals surface area contributed by atoms with Gasteiger partial charge in [0.1, 0.15) is 5.76 Å². The van der Waals surface area contributed by atoms with E-state index in [4.69, 9.17) is 4.74 Å². The van der Waals surface area contributed by atoms with Crippen LogP contribution in [-0.4, -0.2) is 34.6 Å². The number of carbonyl (C=O) groups is 1. The summed E-state index contributed by atoms with van der Waals surface area (Å²) in [6, 6.07) is 16.5. The first kappa shape index (κ1) is 26.5. The SMILES string of the molecule is CCCC1(Cc2ccccc2)OC(=O)C(C(c2cccc(NS(=O)(=O)c3cn(C)cn3)c2)C(C)C)=C1O. The zero-order valence-corrected chi connectivity index (χ0v) is 22.3. The van der Waals surface area contributed by atoms with Gasteiger partial charge in [0.25, 0.3) is 10.0 Å². The summed E-state index contributed by atoms with van der Waals surface area (Å²) in [4.78, 5) is 17.3. The Bertz CT molecular complexity index is 1410. The number of nitrogens with zero attached hydrogens (tertiary/aromatic N) is 2. The van der Waals surface area contributed by atoms with Crippen LogP contribution < -0.4 is 4.72 Å². The van der Waals surface area contributed by atoms with Crippen molar-refractivity contribution in [2.75, 3.05) is 4.72 Å². The van der Waals surface area contributed by atoms with Crippen molar-refractivity contribution in [2.24, 2.45) is 13.0 Å². The van der Waals surface area contributed by atoms with E-state index >= 15 is 0 Å². The molecule has 0 bridgehead atoms. The van der Waals surface area contributed by atoms with E-state index in [1.54, 1.807) is 29.8 Å². The molecule has 0 saturated carbocycles. The Kier molecular flexibility index (Phi) is 7.45. The lowest BCUT2D eigenvalue weighted by Crippen LogP contribution is -2.34. The number of imidazole rings is 1. The number of benzene rings is 2. The second-order valence-corrected chi connectivity index (χ2v) is 11.5. The first-order chi connectivity index (χ1) is 17.6. The lowest BCUT2D eigenvalue weighted by molar-refractivity contribution is -0.149. The molecular formula is C28H33N3O5S. The van der Waals surface area contributed by atoms with E-state index < -0.39 is 27.5 Å². The molecule has 0 radical (unpaired) electrons. The number of nitrogens with one attached hydrogen (secondary N) is 1. The van der Waals surface area contributed by atoms with Crippen LogP contribution in [0.2, 0.25) is 0 Å². The Morgan fingerprint density at radius 2 is 1.86 bits per heavy atom. The maximum atomic E-state index is 13.3. The van der Waals surface area contributed by atoms with Crippen molar-refractivity contribution < 1.29 is 23.1 Å². The molecule has 0 spiro atoms. The molecule has 2 N–H and O–H groups in total. The fraction of sp³-hybridized carbons (Fsp3) is 0.357. The normalized spacial score (nSPS) is 18.8. The van der Waals surface area contributed by atoms with Crippen LogP contribution >= 0.6 is 0 Å². The van der Waals surface area contributed by atoms with Gasteiger partial charge >= 0.3 is 5.97 Å². The quantitative estimate of drug-likeness (QED) is 0.357.